The third kappa shape index (κ3) is 6.49. The first-order valence-corrected chi connectivity index (χ1v) is 11.1. The maximum Gasteiger partial charge on any atom is 0.266 e. The predicted molar refractivity (Wildman–Crippen MR) is 136 cm³/mol. The van der Waals surface area contributed by atoms with Gasteiger partial charge < -0.3 is 19.5 Å². The molecule has 0 aromatic heterocycles. The van der Waals surface area contributed by atoms with E-state index in [-0.39, 0.29) is 5.57 Å². The van der Waals surface area contributed by atoms with Crippen molar-refractivity contribution < 1.29 is 19.0 Å². The number of halogens is 1. The zero-order valence-corrected chi connectivity index (χ0v) is 20.7. The Balaban J connectivity index is 1.79. The van der Waals surface area contributed by atoms with Crippen molar-refractivity contribution in [3.8, 4) is 23.3 Å². The van der Waals surface area contributed by atoms with Gasteiger partial charge in [-0.05, 0) is 83.1 Å². The zero-order valence-electron chi connectivity index (χ0n) is 18.5. The van der Waals surface area contributed by atoms with E-state index in [1.807, 2.05) is 43.3 Å². The van der Waals surface area contributed by atoms with Gasteiger partial charge in [-0.3, -0.25) is 4.79 Å². The number of aryl methyl sites for hydroxylation is 1. The highest BCUT2D eigenvalue weighted by Gasteiger charge is 2.14. The van der Waals surface area contributed by atoms with E-state index in [0.717, 1.165) is 9.13 Å². The third-order valence-electron chi connectivity index (χ3n) is 4.78. The molecule has 0 atom stereocenters. The monoisotopic (exact) mass is 554 g/mol. The summed E-state index contributed by atoms with van der Waals surface area (Å²) in [6.07, 6.45) is 1.52. The molecule has 0 saturated carbocycles. The summed E-state index contributed by atoms with van der Waals surface area (Å²) in [5.74, 6) is 1.30. The van der Waals surface area contributed by atoms with Crippen LogP contribution >= 0.6 is 22.6 Å². The molecule has 0 radical (unpaired) electrons. The van der Waals surface area contributed by atoms with E-state index in [1.165, 1.54) is 11.6 Å². The van der Waals surface area contributed by atoms with Crippen LogP contribution in [0.5, 0.6) is 17.2 Å². The Bertz CT molecular complexity index is 1200. The van der Waals surface area contributed by atoms with Gasteiger partial charge in [0.25, 0.3) is 5.91 Å². The number of hydrogen-bond acceptors (Lipinski definition) is 5. The summed E-state index contributed by atoms with van der Waals surface area (Å²) in [5, 5.41) is 12.3. The summed E-state index contributed by atoms with van der Waals surface area (Å²) in [6.45, 7) is 2.44. The number of nitriles is 1. The zero-order chi connectivity index (χ0) is 23.8. The molecule has 1 N–H and O–H groups in total. The minimum atomic E-state index is -0.503. The highest BCUT2D eigenvalue weighted by Crippen LogP contribution is 2.35. The largest absolute Gasteiger partial charge is 0.497 e. The molecule has 6 nitrogen and oxygen atoms in total. The number of hydrogen-bond donors (Lipinski definition) is 1. The fourth-order valence-corrected chi connectivity index (χ4v) is 3.77. The van der Waals surface area contributed by atoms with Gasteiger partial charge in [0.1, 0.15) is 24.0 Å². The molecule has 33 heavy (non-hydrogen) atoms. The molecule has 3 aromatic rings. The molecule has 0 fully saturated rings. The van der Waals surface area contributed by atoms with Crippen LogP contribution in [0, 0.1) is 21.8 Å². The molecule has 0 aliphatic rings. The first-order valence-electron chi connectivity index (χ1n) is 10.1. The number of nitrogens with one attached hydrogen (secondary N) is 1. The Morgan fingerprint density at radius 2 is 1.76 bits per heavy atom. The Labute approximate surface area is 206 Å². The molecule has 3 aromatic carbocycles. The molecule has 168 valence electrons. The second kappa shape index (κ2) is 11.4. The lowest BCUT2D eigenvalue weighted by molar-refractivity contribution is -0.112. The van der Waals surface area contributed by atoms with Crippen LogP contribution in [0.3, 0.4) is 0 Å². The fraction of sp³-hybridized carbons (Fsp3) is 0.154. The lowest BCUT2D eigenvalue weighted by Gasteiger charge is -2.14. The second-order valence-corrected chi connectivity index (χ2v) is 8.32. The minimum Gasteiger partial charge on any atom is -0.497 e. The Kier molecular flexibility index (Phi) is 8.33. The summed E-state index contributed by atoms with van der Waals surface area (Å²) >= 11 is 2.15. The van der Waals surface area contributed by atoms with Gasteiger partial charge >= 0.3 is 0 Å². The van der Waals surface area contributed by atoms with Gasteiger partial charge in [-0.2, -0.15) is 5.26 Å². The van der Waals surface area contributed by atoms with E-state index in [4.69, 9.17) is 14.2 Å². The summed E-state index contributed by atoms with van der Waals surface area (Å²) < 4.78 is 17.4. The number of carbonyl (C=O) groups is 1. The quantitative estimate of drug-likeness (QED) is 0.218. The fourth-order valence-electron chi connectivity index (χ4n) is 2.99. The number of nitrogens with zero attached hydrogens (tertiary/aromatic N) is 1. The molecule has 0 spiro atoms. The molecule has 0 heterocycles. The van der Waals surface area contributed by atoms with E-state index < -0.39 is 5.91 Å². The number of benzene rings is 3. The van der Waals surface area contributed by atoms with Crippen LogP contribution < -0.4 is 19.5 Å². The summed E-state index contributed by atoms with van der Waals surface area (Å²) in [6, 6.07) is 20.5. The lowest BCUT2D eigenvalue weighted by atomic mass is 10.1. The number of carbonyl (C=O) groups excluding carboxylic acids is 1. The number of rotatable bonds is 8. The number of anilines is 1. The van der Waals surface area contributed by atoms with Gasteiger partial charge in [0.05, 0.1) is 17.8 Å². The average molecular weight is 554 g/mol. The highest BCUT2D eigenvalue weighted by molar-refractivity contribution is 14.1. The van der Waals surface area contributed by atoms with Crippen molar-refractivity contribution in [2.75, 3.05) is 19.5 Å². The molecule has 0 unspecified atom stereocenters. The Morgan fingerprint density at radius 1 is 1.06 bits per heavy atom. The maximum atomic E-state index is 12.6. The molecule has 0 saturated heterocycles. The van der Waals surface area contributed by atoms with Gasteiger partial charge in [0.2, 0.25) is 0 Å². The number of amides is 1. The van der Waals surface area contributed by atoms with Crippen LogP contribution in [0.1, 0.15) is 16.7 Å². The number of methoxy groups -OCH3 is 2. The third-order valence-corrected chi connectivity index (χ3v) is 5.58. The van der Waals surface area contributed by atoms with Crippen molar-refractivity contribution in [2.24, 2.45) is 0 Å². The maximum absolute atomic E-state index is 12.6. The van der Waals surface area contributed by atoms with Gasteiger partial charge in [-0.25, -0.2) is 0 Å². The van der Waals surface area contributed by atoms with E-state index in [1.54, 1.807) is 44.6 Å². The summed E-state index contributed by atoms with van der Waals surface area (Å²) in [5.41, 5.74) is 3.42. The van der Waals surface area contributed by atoms with E-state index >= 15 is 0 Å². The van der Waals surface area contributed by atoms with Crippen LogP contribution in [0.4, 0.5) is 5.69 Å². The van der Waals surface area contributed by atoms with Crippen LogP contribution in [-0.2, 0) is 11.4 Å². The molecule has 3 rings (SSSR count). The van der Waals surface area contributed by atoms with Gasteiger partial charge in [-0.15, -0.1) is 0 Å². The van der Waals surface area contributed by atoms with Crippen LogP contribution in [0.25, 0.3) is 6.08 Å². The molecular formula is C26H23IN2O4. The predicted octanol–water partition coefficient (Wildman–Crippen LogP) is 5.74. The van der Waals surface area contributed by atoms with Gasteiger partial charge in [0, 0.05) is 5.69 Å². The topological polar surface area (TPSA) is 80.6 Å². The molecule has 0 aliphatic carbocycles. The van der Waals surface area contributed by atoms with Crippen LogP contribution in [0.2, 0.25) is 0 Å². The molecule has 7 heteroatoms. The minimum absolute atomic E-state index is 0.0306. The van der Waals surface area contributed by atoms with Crippen LogP contribution in [-0.4, -0.2) is 20.1 Å². The lowest BCUT2D eigenvalue weighted by Crippen LogP contribution is -2.13. The molecular weight excluding hydrogens is 531 g/mol. The first-order chi connectivity index (χ1) is 15.9. The van der Waals surface area contributed by atoms with Crippen molar-refractivity contribution >= 4 is 40.3 Å². The van der Waals surface area contributed by atoms with Crippen molar-refractivity contribution in [3.05, 3.63) is 86.5 Å². The standard InChI is InChI=1S/C26H23IN2O4/c1-17-4-6-18(7-5-17)16-33-25-23(27)13-19(14-24(25)32-3)12-20(15-28)26(30)29-21-8-10-22(31-2)11-9-21/h4-14H,16H2,1-3H3,(H,29,30)/b20-12-. The SMILES string of the molecule is COc1ccc(NC(=O)/C(C#N)=C\c2cc(I)c(OCc3ccc(C)cc3)c(OC)c2)cc1. The smallest absolute Gasteiger partial charge is 0.266 e. The van der Waals surface area contributed by atoms with Crippen molar-refractivity contribution in [3.63, 3.8) is 0 Å². The normalized spacial score (nSPS) is 10.8. The molecule has 0 aliphatic heterocycles. The van der Waals surface area contributed by atoms with Gasteiger partial charge in [0.15, 0.2) is 11.5 Å². The van der Waals surface area contributed by atoms with E-state index in [2.05, 4.69) is 27.9 Å². The van der Waals surface area contributed by atoms with Crippen molar-refractivity contribution in [2.45, 2.75) is 13.5 Å². The van der Waals surface area contributed by atoms with E-state index in [9.17, 15) is 10.1 Å². The number of ether oxygens (including phenoxy) is 3. The summed E-state index contributed by atoms with van der Waals surface area (Å²) in [7, 11) is 3.12. The molecule has 1 amide bonds. The Hall–Kier alpha value is -3.51. The van der Waals surface area contributed by atoms with Crippen molar-refractivity contribution in [1.29, 1.82) is 5.26 Å². The van der Waals surface area contributed by atoms with E-state index in [0.29, 0.717) is 35.1 Å². The highest BCUT2D eigenvalue weighted by atomic mass is 127. The van der Waals surface area contributed by atoms with Gasteiger partial charge in [-0.1, -0.05) is 29.8 Å². The Morgan fingerprint density at radius 3 is 2.36 bits per heavy atom. The van der Waals surface area contributed by atoms with Crippen LogP contribution in [0.15, 0.2) is 66.2 Å². The molecule has 0 bridgehead atoms. The van der Waals surface area contributed by atoms with Crippen molar-refractivity contribution in [1.82, 2.24) is 0 Å². The first kappa shape index (κ1) is 24.1. The summed E-state index contributed by atoms with van der Waals surface area (Å²) in [4.78, 5) is 12.6. The second-order valence-electron chi connectivity index (χ2n) is 7.16. The average Bonchev–Trinajstić information content (AvgIpc) is 2.83.